The second-order valence-electron chi connectivity index (χ2n) is 13.4. The average Bonchev–Trinajstić information content (AvgIpc) is 3.12. The summed E-state index contributed by atoms with van der Waals surface area (Å²) in [4.78, 5) is 32.8. The predicted molar refractivity (Wildman–Crippen MR) is 193 cm³/mol. The lowest BCUT2D eigenvalue weighted by atomic mass is 10.0. The first-order valence-electron chi connectivity index (χ1n) is 17.5. The van der Waals surface area contributed by atoms with Gasteiger partial charge in [0.1, 0.15) is 11.5 Å². The number of benzene rings is 3. The fraction of sp³-hybridized carbons (Fsp3) is 0.474. The third-order valence-electron chi connectivity index (χ3n) is 9.16. The molecule has 3 aromatic carbocycles. The molecule has 0 saturated carbocycles. The quantitative estimate of drug-likeness (QED) is 0.120. The number of rotatable bonds is 14. The van der Waals surface area contributed by atoms with Crippen molar-refractivity contribution in [3.8, 4) is 11.5 Å². The summed E-state index contributed by atoms with van der Waals surface area (Å²) < 4.78 is 0. The van der Waals surface area contributed by atoms with Crippen LogP contribution in [-0.2, 0) is 19.6 Å². The number of aliphatic hydroxyl groups is 4. The molecule has 0 aliphatic carbocycles. The molecular formula is C38H53N5O8. The Kier molecular flexibility index (Phi) is 15.2. The summed E-state index contributed by atoms with van der Waals surface area (Å²) in [6, 6.07) is 15.5. The van der Waals surface area contributed by atoms with Crippen LogP contribution in [-0.4, -0.2) is 135 Å². The highest BCUT2D eigenvalue weighted by Gasteiger charge is 2.23. The molecule has 0 aromatic heterocycles. The van der Waals surface area contributed by atoms with Crippen LogP contribution in [0, 0.1) is 13.8 Å². The maximum Gasteiger partial charge on any atom is 0.255 e. The summed E-state index contributed by atoms with van der Waals surface area (Å²) in [6.07, 6.45) is 0.780. The SMILES string of the molecule is Cc1cc(CN2CCCN(Cc3cc(C)cc(C(=O)NC(CO)CO)c3O)CCN(Cc3ccccc3)CC2)c(O)c(C(=O)NC(CO)CO)c1. The molecule has 0 atom stereocenters. The minimum absolute atomic E-state index is 0.0871. The van der Waals surface area contributed by atoms with Gasteiger partial charge in [-0.25, -0.2) is 0 Å². The molecule has 278 valence electrons. The van der Waals surface area contributed by atoms with Gasteiger partial charge in [0.2, 0.25) is 0 Å². The molecule has 1 fully saturated rings. The number of hydrogen-bond donors (Lipinski definition) is 8. The van der Waals surface area contributed by atoms with E-state index in [1.807, 2.05) is 44.2 Å². The maximum absolute atomic E-state index is 13.0. The lowest BCUT2D eigenvalue weighted by Gasteiger charge is -2.33. The number of aliphatic hydroxyl groups excluding tert-OH is 4. The van der Waals surface area contributed by atoms with Gasteiger partial charge in [0.05, 0.1) is 49.6 Å². The van der Waals surface area contributed by atoms with E-state index in [1.54, 1.807) is 12.1 Å². The van der Waals surface area contributed by atoms with Crippen molar-refractivity contribution in [2.75, 3.05) is 65.7 Å². The second-order valence-corrected chi connectivity index (χ2v) is 13.4. The Morgan fingerprint density at radius 2 is 1.00 bits per heavy atom. The molecular weight excluding hydrogens is 654 g/mol. The molecule has 4 rings (SSSR count). The number of phenols is 2. The van der Waals surface area contributed by atoms with E-state index < -0.39 is 50.3 Å². The average molecular weight is 708 g/mol. The van der Waals surface area contributed by atoms with Gasteiger partial charge in [-0.3, -0.25) is 24.3 Å². The summed E-state index contributed by atoms with van der Waals surface area (Å²) in [5.74, 6) is -1.41. The van der Waals surface area contributed by atoms with Crippen LogP contribution in [0.2, 0.25) is 0 Å². The Bertz CT molecular complexity index is 1490. The van der Waals surface area contributed by atoms with E-state index >= 15 is 0 Å². The summed E-state index contributed by atoms with van der Waals surface area (Å²) in [5.41, 5.74) is 4.16. The molecule has 3 aromatic rings. The molecule has 2 amide bonds. The van der Waals surface area contributed by atoms with Crippen LogP contribution in [0.25, 0.3) is 0 Å². The summed E-state index contributed by atoms with van der Waals surface area (Å²) in [5, 5.41) is 65.3. The van der Waals surface area contributed by atoms with Crippen molar-refractivity contribution in [3.05, 3.63) is 93.5 Å². The van der Waals surface area contributed by atoms with Crippen LogP contribution < -0.4 is 10.6 Å². The number of carbonyl (C=O) groups excluding carboxylic acids is 2. The number of nitrogens with zero attached hydrogens (tertiary/aromatic N) is 3. The van der Waals surface area contributed by atoms with E-state index in [2.05, 4.69) is 37.5 Å². The minimum Gasteiger partial charge on any atom is -0.507 e. The number of phenolic OH excluding ortho intramolecular Hbond substituents is 2. The third kappa shape index (κ3) is 11.5. The van der Waals surface area contributed by atoms with Gasteiger partial charge < -0.3 is 41.3 Å². The zero-order chi connectivity index (χ0) is 36.9. The molecule has 0 radical (unpaired) electrons. The van der Waals surface area contributed by atoms with Crippen molar-refractivity contribution in [1.82, 2.24) is 25.3 Å². The lowest BCUT2D eigenvalue weighted by molar-refractivity contribution is 0.0870. The fourth-order valence-electron chi connectivity index (χ4n) is 6.34. The van der Waals surface area contributed by atoms with Gasteiger partial charge in [0, 0.05) is 56.9 Å². The number of amides is 2. The van der Waals surface area contributed by atoms with Crippen molar-refractivity contribution in [2.24, 2.45) is 0 Å². The molecule has 0 unspecified atom stereocenters. The number of nitrogens with one attached hydrogen (secondary N) is 2. The zero-order valence-electron chi connectivity index (χ0n) is 29.6. The van der Waals surface area contributed by atoms with Gasteiger partial charge in [0.15, 0.2) is 0 Å². The van der Waals surface area contributed by atoms with E-state index in [4.69, 9.17) is 0 Å². The second kappa shape index (κ2) is 19.5. The van der Waals surface area contributed by atoms with E-state index in [1.165, 1.54) is 5.56 Å². The largest absolute Gasteiger partial charge is 0.507 e. The Balaban J connectivity index is 1.56. The molecule has 8 N–H and O–H groups in total. The van der Waals surface area contributed by atoms with E-state index in [0.717, 1.165) is 50.3 Å². The molecule has 1 aliphatic rings. The van der Waals surface area contributed by atoms with Crippen molar-refractivity contribution in [3.63, 3.8) is 0 Å². The molecule has 13 heteroatoms. The first-order chi connectivity index (χ1) is 24.5. The Labute approximate surface area is 299 Å². The smallest absolute Gasteiger partial charge is 0.255 e. The first-order valence-corrected chi connectivity index (χ1v) is 17.5. The Hall–Kier alpha value is -4.08. The standard InChI is InChI=1S/C38H53N5O8/c1-26-15-29(35(48)33(17-26)37(50)39-31(22-44)23-45)20-41-9-6-10-42(12-14-43(13-11-41)19-28-7-4-3-5-8-28)21-30-16-27(2)18-34(36(30)49)38(51)40-32(24-46)25-47/h3-5,7-8,15-18,31-32,44-49H,6,9-14,19-25H2,1-2H3,(H,39,50)(H,40,51). The summed E-state index contributed by atoms with van der Waals surface area (Å²) >= 11 is 0. The van der Waals surface area contributed by atoms with E-state index in [0.29, 0.717) is 37.3 Å². The highest BCUT2D eigenvalue weighted by Crippen LogP contribution is 2.28. The number of aryl methyl sites for hydroxylation is 2. The van der Waals surface area contributed by atoms with Crippen LogP contribution in [0.1, 0.15) is 55.0 Å². The summed E-state index contributed by atoms with van der Waals surface area (Å²) in [6.45, 7) is 7.84. The van der Waals surface area contributed by atoms with Crippen LogP contribution in [0.4, 0.5) is 0 Å². The van der Waals surface area contributed by atoms with Crippen LogP contribution in [0.15, 0.2) is 54.6 Å². The number of carbonyl (C=O) groups is 2. The van der Waals surface area contributed by atoms with Crippen molar-refractivity contribution >= 4 is 11.8 Å². The molecule has 1 saturated heterocycles. The first kappa shape index (κ1) is 39.7. The highest BCUT2D eigenvalue weighted by molar-refractivity contribution is 5.98. The van der Waals surface area contributed by atoms with Gasteiger partial charge in [-0.15, -0.1) is 0 Å². The minimum atomic E-state index is -0.836. The third-order valence-corrected chi connectivity index (χ3v) is 9.16. The van der Waals surface area contributed by atoms with Crippen molar-refractivity contribution in [1.29, 1.82) is 0 Å². The van der Waals surface area contributed by atoms with Gasteiger partial charge >= 0.3 is 0 Å². The monoisotopic (exact) mass is 707 g/mol. The highest BCUT2D eigenvalue weighted by atomic mass is 16.3. The van der Waals surface area contributed by atoms with Crippen molar-refractivity contribution < 1.29 is 40.2 Å². The van der Waals surface area contributed by atoms with Crippen molar-refractivity contribution in [2.45, 2.75) is 52.0 Å². The topological polar surface area (TPSA) is 189 Å². The lowest BCUT2D eigenvalue weighted by Crippen LogP contribution is -2.42. The molecule has 0 bridgehead atoms. The Morgan fingerprint density at radius 1 is 0.608 bits per heavy atom. The van der Waals surface area contributed by atoms with E-state index in [9.17, 15) is 40.2 Å². The zero-order valence-corrected chi connectivity index (χ0v) is 29.6. The van der Waals surface area contributed by atoms with Gasteiger partial charge in [-0.05, 0) is 62.2 Å². The van der Waals surface area contributed by atoms with E-state index in [-0.39, 0.29) is 22.6 Å². The van der Waals surface area contributed by atoms with Gasteiger partial charge in [-0.1, -0.05) is 42.5 Å². The molecule has 51 heavy (non-hydrogen) atoms. The maximum atomic E-state index is 13.0. The molecule has 1 heterocycles. The van der Waals surface area contributed by atoms with Crippen LogP contribution >= 0.6 is 0 Å². The molecule has 1 aliphatic heterocycles. The summed E-state index contributed by atoms with van der Waals surface area (Å²) in [7, 11) is 0. The molecule has 13 nitrogen and oxygen atoms in total. The van der Waals surface area contributed by atoms with Gasteiger partial charge in [-0.2, -0.15) is 0 Å². The predicted octanol–water partition coefficient (Wildman–Crippen LogP) is 1.09. The molecule has 0 spiro atoms. The van der Waals surface area contributed by atoms with Crippen LogP contribution in [0.3, 0.4) is 0 Å². The Morgan fingerprint density at radius 3 is 1.39 bits per heavy atom. The number of aromatic hydroxyl groups is 2. The normalized spacial score (nSPS) is 15.3. The van der Waals surface area contributed by atoms with Gasteiger partial charge in [0.25, 0.3) is 11.8 Å². The van der Waals surface area contributed by atoms with Crippen LogP contribution in [0.5, 0.6) is 11.5 Å². The fourth-order valence-corrected chi connectivity index (χ4v) is 6.34. The number of hydrogen-bond acceptors (Lipinski definition) is 11.